The van der Waals surface area contributed by atoms with Crippen LogP contribution in [0.1, 0.15) is 31.1 Å². The minimum absolute atomic E-state index is 0.0430. The van der Waals surface area contributed by atoms with Crippen LogP contribution in [0, 0.1) is 16.0 Å². The van der Waals surface area contributed by atoms with Crippen LogP contribution in [0.4, 0.5) is 5.69 Å². The van der Waals surface area contributed by atoms with E-state index >= 15 is 0 Å². The Morgan fingerprint density at radius 1 is 1.33 bits per heavy atom. The van der Waals surface area contributed by atoms with E-state index in [9.17, 15) is 10.1 Å². The lowest BCUT2D eigenvalue weighted by molar-refractivity contribution is -0.384. The molecular weight excluding hydrogens is 272 g/mol. The molecule has 1 aromatic carbocycles. The van der Waals surface area contributed by atoms with Crippen LogP contribution >= 0.6 is 0 Å². The van der Waals surface area contributed by atoms with E-state index in [-0.39, 0.29) is 11.6 Å². The van der Waals surface area contributed by atoms with Gasteiger partial charge in [0.2, 0.25) is 11.7 Å². The summed E-state index contributed by atoms with van der Waals surface area (Å²) in [6.07, 6.45) is 3.24. The van der Waals surface area contributed by atoms with Crippen LogP contribution < -0.4 is 5.73 Å². The van der Waals surface area contributed by atoms with Gasteiger partial charge in [0, 0.05) is 23.6 Å². The number of nitro benzene ring substituents is 1. The Kier molecular flexibility index (Phi) is 3.66. The Hall–Kier alpha value is -2.28. The SMILES string of the molecule is NCC1CCCC1c1nc(-c2ccc([N+](=O)[O-])cc2)no1. The molecule has 0 radical (unpaired) electrons. The zero-order valence-corrected chi connectivity index (χ0v) is 11.4. The average Bonchev–Trinajstić information content (AvgIpc) is 3.15. The van der Waals surface area contributed by atoms with Gasteiger partial charge in [-0.15, -0.1) is 0 Å². The minimum atomic E-state index is -0.435. The molecule has 0 bridgehead atoms. The van der Waals surface area contributed by atoms with Crippen LogP contribution in [-0.4, -0.2) is 21.6 Å². The molecule has 0 spiro atoms. The summed E-state index contributed by atoms with van der Waals surface area (Å²) in [7, 11) is 0. The molecule has 2 aromatic rings. The minimum Gasteiger partial charge on any atom is -0.339 e. The fourth-order valence-electron chi connectivity index (χ4n) is 2.88. The van der Waals surface area contributed by atoms with Crippen molar-refractivity contribution in [3.8, 4) is 11.4 Å². The number of nitrogens with zero attached hydrogens (tertiary/aromatic N) is 3. The number of rotatable bonds is 4. The van der Waals surface area contributed by atoms with Crippen molar-refractivity contribution in [2.24, 2.45) is 11.7 Å². The first kappa shape index (κ1) is 13.7. The molecule has 0 amide bonds. The molecule has 0 aliphatic heterocycles. The molecule has 110 valence electrons. The molecule has 1 fully saturated rings. The zero-order chi connectivity index (χ0) is 14.8. The van der Waals surface area contributed by atoms with Crippen molar-refractivity contribution in [1.82, 2.24) is 10.1 Å². The first-order chi connectivity index (χ1) is 10.2. The molecule has 0 saturated heterocycles. The third-order valence-corrected chi connectivity index (χ3v) is 4.06. The average molecular weight is 288 g/mol. The van der Waals surface area contributed by atoms with Gasteiger partial charge in [0.25, 0.3) is 5.69 Å². The topological polar surface area (TPSA) is 108 Å². The molecule has 2 N–H and O–H groups in total. The second kappa shape index (κ2) is 5.61. The zero-order valence-electron chi connectivity index (χ0n) is 11.4. The van der Waals surface area contributed by atoms with Gasteiger partial charge in [0.05, 0.1) is 4.92 Å². The summed E-state index contributed by atoms with van der Waals surface area (Å²) in [5, 5.41) is 14.6. The molecular formula is C14H16N4O3. The van der Waals surface area contributed by atoms with Gasteiger partial charge in [-0.25, -0.2) is 0 Å². The Morgan fingerprint density at radius 2 is 2.10 bits per heavy atom. The van der Waals surface area contributed by atoms with Crippen molar-refractivity contribution in [3.63, 3.8) is 0 Å². The van der Waals surface area contributed by atoms with Gasteiger partial charge in [-0.3, -0.25) is 10.1 Å². The molecule has 2 unspecified atom stereocenters. The molecule has 1 aliphatic carbocycles. The molecule has 1 aliphatic rings. The summed E-state index contributed by atoms with van der Waals surface area (Å²) in [5.41, 5.74) is 6.52. The summed E-state index contributed by atoms with van der Waals surface area (Å²) < 4.78 is 5.36. The predicted molar refractivity (Wildman–Crippen MR) is 75.5 cm³/mol. The Bertz CT molecular complexity index is 638. The highest BCUT2D eigenvalue weighted by molar-refractivity contribution is 5.56. The molecule has 7 heteroatoms. The first-order valence-corrected chi connectivity index (χ1v) is 6.97. The third-order valence-electron chi connectivity index (χ3n) is 4.06. The smallest absolute Gasteiger partial charge is 0.269 e. The van der Waals surface area contributed by atoms with E-state index in [0.717, 1.165) is 19.3 Å². The second-order valence-corrected chi connectivity index (χ2v) is 5.29. The molecule has 1 heterocycles. The number of non-ortho nitro benzene ring substituents is 1. The lowest BCUT2D eigenvalue weighted by Crippen LogP contribution is -2.17. The van der Waals surface area contributed by atoms with Crippen LogP contribution in [0.3, 0.4) is 0 Å². The van der Waals surface area contributed by atoms with Gasteiger partial charge < -0.3 is 10.3 Å². The highest BCUT2D eigenvalue weighted by Gasteiger charge is 2.32. The second-order valence-electron chi connectivity index (χ2n) is 5.29. The van der Waals surface area contributed by atoms with E-state index < -0.39 is 4.92 Å². The van der Waals surface area contributed by atoms with Crippen LogP contribution in [0.5, 0.6) is 0 Å². The fourth-order valence-corrected chi connectivity index (χ4v) is 2.88. The third kappa shape index (κ3) is 2.64. The maximum absolute atomic E-state index is 10.6. The predicted octanol–water partition coefficient (Wildman–Crippen LogP) is 2.49. The number of hydrogen-bond donors (Lipinski definition) is 1. The van der Waals surface area contributed by atoms with E-state index in [1.165, 1.54) is 12.1 Å². The van der Waals surface area contributed by atoms with Crippen LogP contribution in [0.2, 0.25) is 0 Å². The van der Waals surface area contributed by atoms with E-state index in [0.29, 0.717) is 29.7 Å². The molecule has 21 heavy (non-hydrogen) atoms. The number of aromatic nitrogens is 2. The molecule has 1 saturated carbocycles. The summed E-state index contributed by atoms with van der Waals surface area (Å²) in [5.74, 6) is 1.71. The van der Waals surface area contributed by atoms with E-state index in [1.54, 1.807) is 12.1 Å². The van der Waals surface area contributed by atoms with Gasteiger partial charge >= 0.3 is 0 Å². The lowest BCUT2D eigenvalue weighted by atomic mass is 9.96. The van der Waals surface area contributed by atoms with Crippen molar-refractivity contribution >= 4 is 5.69 Å². The molecule has 3 rings (SSSR count). The number of benzene rings is 1. The van der Waals surface area contributed by atoms with E-state index in [1.807, 2.05) is 0 Å². The summed E-state index contributed by atoms with van der Waals surface area (Å²) in [6.45, 7) is 0.625. The van der Waals surface area contributed by atoms with Crippen molar-refractivity contribution in [2.45, 2.75) is 25.2 Å². The summed E-state index contributed by atoms with van der Waals surface area (Å²) >= 11 is 0. The van der Waals surface area contributed by atoms with Gasteiger partial charge in [-0.05, 0) is 37.4 Å². The maximum atomic E-state index is 10.6. The van der Waals surface area contributed by atoms with Crippen LogP contribution in [-0.2, 0) is 0 Å². The quantitative estimate of drug-likeness (QED) is 0.684. The van der Waals surface area contributed by atoms with Crippen LogP contribution in [0.15, 0.2) is 28.8 Å². The number of nitrogens with two attached hydrogens (primary N) is 1. The Balaban J connectivity index is 1.82. The van der Waals surface area contributed by atoms with Gasteiger partial charge in [0.15, 0.2) is 0 Å². The van der Waals surface area contributed by atoms with Gasteiger partial charge in [0.1, 0.15) is 0 Å². The van der Waals surface area contributed by atoms with Crippen molar-refractivity contribution < 1.29 is 9.45 Å². The Labute approximate surface area is 121 Å². The fraction of sp³-hybridized carbons (Fsp3) is 0.429. The highest BCUT2D eigenvalue weighted by atomic mass is 16.6. The number of hydrogen-bond acceptors (Lipinski definition) is 6. The van der Waals surface area contributed by atoms with Crippen LogP contribution in [0.25, 0.3) is 11.4 Å². The maximum Gasteiger partial charge on any atom is 0.269 e. The van der Waals surface area contributed by atoms with E-state index in [2.05, 4.69) is 10.1 Å². The van der Waals surface area contributed by atoms with Gasteiger partial charge in [-0.2, -0.15) is 4.98 Å². The largest absolute Gasteiger partial charge is 0.339 e. The monoisotopic (exact) mass is 288 g/mol. The number of nitro groups is 1. The van der Waals surface area contributed by atoms with Crippen molar-refractivity contribution in [3.05, 3.63) is 40.3 Å². The lowest BCUT2D eigenvalue weighted by Gasteiger charge is -2.12. The van der Waals surface area contributed by atoms with Crippen molar-refractivity contribution in [1.29, 1.82) is 0 Å². The first-order valence-electron chi connectivity index (χ1n) is 6.97. The molecule has 2 atom stereocenters. The Morgan fingerprint density at radius 3 is 2.76 bits per heavy atom. The molecule has 1 aromatic heterocycles. The summed E-state index contributed by atoms with van der Waals surface area (Å²) in [4.78, 5) is 14.6. The highest BCUT2D eigenvalue weighted by Crippen LogP contribution is 2.38. The van der Waals surface area contributed by atoms with Gasteiger partial charge in [-0.1, -0.05) is 11.6 Å². The standard InChI is InChI=1S/C14H16N4O3/c15-8-10-2-1-3-12(10)14-16-13(17-21-14)9-4-6-11(7-5-9)18(19)20/h4-7,10,12H,1-3,8,15H2. The van der Waals surface area contributed by atoms with E-state index in [4.69, 9.17) is 10.3 Å². The summed E-state index contributed by atoms with van der Waals surface area (Å²) in [6, 6.07) is 6.12. The normalized spacial score (nSPS) is 21.6. The van der Waals surface area contributed by atoms with Crippen molar-refractivity contribution in [2.75, 3.05) is 6.54 Å². The molecule has 7 nitrogen and oxygen atoms in total.